The quantitative estimate of drug-likeness (QED) is 0.674. The molecule has 0 N–H and O–H groups in total. The van der Waals surface area contributed by atoms with Crippen molar-refractivity contribution in [3.63, 3.8) is 0 Å². The van der Waals surface area contributed by atoms with Crippen molar-refractivity contribution >= 4 is 12.0 Å². The Morgan fingerprint density at radius 3 is 2.18 bits per heavy atom. The molecule has 1 fully saturated rings. The summed E-state index contributed by atoms with van der Waals surface area (Å²) in [6.45, 7) is 3.37. The summed E-state index contributed by atoms with van der Waals surface area (Å²) in [6, 6.07) is 14.6. The van der Waals surface area contributed by atoms with E-state index < -0.39 is 11.7 Å². The molecule has 150 valence electrons. The third kappa shape index (κ3) is 5.33. The van der Waals surface area contributed by atoms with Crippen LogP contribution in [-0.4, -0.2) is 50.0 Å². The predicted octanol–water partition coefficient (Wildman–Crippen LogP) is 3.61. The average molecular weight is 392 g/mol. The maximum Gasteiger partial charge on any atom is 0.416 e. The van der Waals surface area contributed by atoms with Crippen LogP contribution in [0.2, 0.25) is 0 Å². The minimum Gasteiger partial charge on any atom is -0.375 e. The molecule has 1 heterocycles. The van der Waals surface area contributed by atoms with Crippen LogP contribution in [-0.2, 0) is 22.3 Å². The van der Waals surface area contributed by atoms with Gasteiger partial charge in [-0.25, -0.2) is 0 Å². The van der Waals surface area contributed by atoms with E-state index in [1.807, 2.05) is 35.2 Å². The van der Waals surface area contributed by atoms with Gasteiger partial charge in [0.1, 0.15) is 6.29 Å². The van der Waals surface area contributed by atoms with Gasteiger partial charge in [0.05, 0.1) is 24.8 Å². The molecule has 0 radical (unpaired) electrons. The number of alkyl halides is 3. The Bertz CT molecular complexity index is 742. The highest BCUT2D eigenvalue weighted by molar-refractivity contribution is 5.58. The fourth-order valence-electron chi connectivity index (χ4n) is 3.28. The van der Waals surface area contributed by atoms with E-state index in [4.69, 9.17) is 4.74 Å². The van der Waals surface area contributed by atoms with Crippen LogP contribution in [0.1, 0.15) is 11.1 Å². The van der Waals surface area contributed by atoms with Gasteiger partial charge in [-0.1, -0.05) is 30.3 Å². The van der Waals surface area contributed by atoms with E-state index >= 15 is 0 Å². The average Bonchev–Trinajstić information content (AvgIpc) is 2.72. The first-order valence-corrected chi connectivity index (χ1v) is 9.20. The topological polar surface area (TPSA) is 32.8 Å². The number of hydrogen-bond acceptors (Lipinski definition) is 4. The first-order chi connectivity index (χ1) is 13.5. The minimum atomic E-state index is -4.33. The molecule has 1 aliphatic rings. The number of rotatable bonds is 7. The Morgan fingerprint density at radius 1 is 0.964 bits per heavy atom. The summed E-state index contributed by atoms with van der Waals surface area (Å²) in [5.41, 5.74) is 1.17. The van der Waals surface area contributed by atoms with Crippen LogP contribution in [0.3, 0.4) is 0 Å². The molecule has 0 aromatic heterocycles. The molecule has 4 nitrogen and oxygen atoms in total. The largest absolute Gasteiger partial charge is 0.416 e. The molecular weight excluding hydrogens is 369 g/mol. The van der Waals surface area contributed by atoms with Crippen LogP contribution in [0.15, 0.2) is 54.6 Å². The molecule has 0 amide bonds. The highest BCUT2D eigenvalue weighted by Crippen LogP contribution is 2.30. The highest BCUT2D eigenvalue weighted by atomic mass is 19.4. The lowest BCUT2D eigenvalue weighted by Crippen LogP contribution is -2.52. The molecule has 1 atom stereocenters. The second kappa shape index (κ2) is 9.21. The molecule has 7 heteroatoms. The van der Waals surface area contributed by atoms with Crippen molar-refractivity contribution in [3.05, 3.63) is 65.7 Å². The highest BCUT2D eigenvalue weighted by Gasteiger charge is 2.30. The van der Waals surface area contributed by atoms with Gasteiger partial charge in [-0.15, -0.1) is 0 Å². The number of carbonyl (C=O) groups excluding carboxylic acids is 1. The fraction of sp³-hybridized carbons (Fsp3) is 0.381. The van der Waals surface area contributed by atoms with E-state index in [1.54, 1.807) is 0 Å². The van der Waals surface area contributed by atoms with Gasteiger partial charge < -0.3 is 14.4 Å². The van der Waals surface area contributed by atoms with Crippen molar-refractivity contribution in [1.82, 2.24) is 4.90 Å². The summed E-state index contributed by atoms with van der Waals surface area (Å²) in [5.74, 6) is 0. The number of piperazine rings is 1. The Kier molecular flexibility index (Phi) is 6.70. The van der Waals surface area contributed by atoms with E-state index in [-0.39, 0.29) is 6.04 Å². The van der Waals surface area contributed by atoms with Crippen LogP contribution in [0.4, 0.5) is 18.9 Å². The van der Waals surface area contributed by atoms with E-state index in [1.165, 1.54) is 12.1 Å². The number of carbonyl (C=O) groups is 1. The Hall–Kier alpha value is -2.38. The number of benzene rings is 2. The van der Waals surface area contributed by atoms with Gasteiger partial charge in [-0.3, -0.25) is 4.90 Å². The van der Waals surface area contributed by atoms with Gasteiger partial charge in [-0.05, 0) is 29.8 Å². The molecule has 3 rings (SSSR count). The van der Waals surface area contributed by atoms with E-state index in [0.717, 1.165) is 29.7 Å². The molecule has 0 bridgehead atoms. The number of aldehydes is 1. The fourth-order valence-corrected chi connectivity index (χ4v) is 3.28. The van der Waals surface area contributed by atoms with Crippen LogP contribution >= 0.6 is 0 Å². The summed E-state index contributed by atoms with van der Waals surface area (Å²) in [4.78, 5) is 15.6. The van der Waals surface area contributed by atoms with Gasteiger partial charge >= 0.3 is 6.18 Å². The lowest BCUT2D eigenvalue weighted by atomic mass is 10.1. The van der Waals surface area contributed by atoms with E-state index in [0.29, 0.717) is 39.4 Å². The van der Waals surface area contributed by atoms with Crippen molar-refractivity contribution in [2.75, 3.05) is 37.7 Å². The first kappa shape index (κ1) is 20.4. The second-order valence-corrected chi connectivity index (χ2v) is 6.77. The smallest absolute Gasteiger partial charge is 0.375 e. The summed E-state index contributed by atoms with van der Waals surface area (Å²) in [5, 5.41) is 0. The minimum absolute atomic E-state index is 0.318. The zero-order valence-electron chi connectivity index (χ0n) is 15.4. The Balaban J connectivity index is 1.48. The van der Waals surface area contributed by atoms with Crippen LogP contribution < -0.4 is 4.90 Å². The maximum atomic E-state index is 12.7. The van der Waals surface area contributed by atoms with Crippen molar-refractivity contribution in [2.45, 2.75) is 18.8 Å². The first-order valence-electron chi connectivity index (χ1n) is 9.20. The SMILES string of the molecule is O=CC(COCc1ccccc1)N1CCN(c2ccc(C(F)(F)F)cc2)CC1. The molecule has 1 unspecified atom stereocenters. The van der Waals surface area contributed by atoms with Crippen LogP contribution in [0.25, 0.3) is 0 Å². The molecule has 0 spiro atoms. The predicted molar refractivity (Wildman–Crippen MR) is 101 cm³/mol. The molecular formula is C21H23F3N2O2. The number of ether oxygens (including phenoxy) is 1. The lowest BCUT2D eigenvalue weighted by molar-refractivity contribution is -0.137. The molecule has 2 aromatic carbocycles. The maximum absolute atomic E-state index is 12.7. The number of nitrogens with zero attached hydrogens (tertiary/aromatic N) is 2. The Morgan fingerprint density at radius 2 is 1.61 bits per heavy atom. The zero-order valence-corrected chi connectivity index (χ0v) is 15.4. The molecule has 28 heavy (non-hydrogen) atoms. The monoisotopic (exact) mass is 392 g/mol. The number of halogens is 3. The third-order valence-corrected chi connectivity index (χ3v) is 4.90. The van der Waals surface area contributed by atoms with E-state index in [2.05, 4.69) is 4.90 Å². The molecule has 2 aromatic rings. The molecule has 0 aliphatic carbocycles. The van der Waals surface area contributed by atoms with Crippen molar-refractivity contribution < 1.29 is 22.7 Å². The second-order valence-electron chi connectivity index (χ2n) is 6.77. The molecule has 1 aliphatic heterocycles. The lowest BCUT2D eigenvalue weighted by Gasteiger charge is -2.38. The van der Waals surface area contributed by atoms with Gasteiger partial charge in [0, 0.05) is 31.9 Å². The van der Waals surface area contributed by atoms with Crippen molar-refractivity contribution in [1.29, 1.82) is 0 Å². The summed E-state index contributed by atoms with van der Waals surface area (Å²) >= 11 is 0. The normalized spacial score (nSPS) is 16.8. The van der Waals surface area contributed by atoms with E-state index in [9.17, 15) is 18.0 Å². The van der Waals surface area contributed by atoms with Gasteiger partial charge in [0.2, 0.25) is 0 Å². The van der Waals surface area contributed by atoms with Crippen LogP contribution in [0, 0.1) is 0 Å². The van der Waals surface area contributed by atoms with Crippen molar-refractivity contribution in [3.8, 4) is 0 Å². The summed E-state index contributed by atoms with van der Waals surface area (Å²) in [6.07, 6.45) is -3.42. The number of hydrogen-bond donors (Lipinski definition) is 0. The van der Waals surface area contributed by atoms with Gasteiger partial charge in [0.15, 0.2) is 0 Å². The van der Waals surface area contributed by atoms with Crippen molar-refractivity contribution in [2.24, 2.45) is 0 Å². The summed E-state index contributed by atoms with van der Waals surface area (Å²) in [7, 11) is 0. The Labute approximate surface area is 162 Å². The molecule has 1 saturated heterocycles. The molecule has 0 saturated carbocycles. The van der Waals surface area contributed by atoms with Crippen LogP contribution in [0.5, 0.6) is 0 Å². The standard InChI is InChI=1S/C21H23F3N2O2/c22-21(23,24)18-6-8-19(9-7-18)25-10-12-26(13-11-25)20(14-27)16-28-15-17-4-2-1-3-5-17/h1-9,14,20H,10-13,15-16H2. The summed E-state index contributed by atoms with van der Waals surface area (Å²) < 4.78 is 43.7. The van der Waals surface area contributed by atoms with Gasteiger partial charge in [-0.2, -0.15) is 13.2 Å². The zero-order chi connectivity index (χ0) is 20.0. The van der Waals surface area contributed by atoms with Gasteiger partial charge in [0.25, 0.3) is 0 Å². The number of anilines is 1. The third-order valence-electron chi connectivity index (χ3n) is 4.90.